The fourth-order valence-electron chi connectivity index (χ4n) is 2.43. The summed E-state index contributed by atoms with van der Waals surface area (Å²) in [6, 6.07) is 8.01. The van der Waals surface area contributed by atoms with E-state index in [1.54, 1.807) is 11.8 Å². The summed E-state index contributed by atoms with van der Waals surface area (Å²) in [4.78, 5) is 23.8. The third-order valence-electron chi connectivity index (χ3n) is 3.56. The number of aliphatic carboxylic acids is 1. The van der Waals surface area contributed by atoms with Crippen molar-refractivity contribution in [2.75, 3.05) is 5.75 Å². The number of carboxylic acids is 1. The normalized spacial score (nSPS) is 21.2. The molecule has 6 heteroatoms. The SMILES string of the molecule is O=C(CCSc1ccc(Br)cc1)N[C@H]1CC[C@@H](C(=O)O)C1. The fourth-order valence-corrected chi connectivity index (χ4v) is 3.55. The molecule has 1 amide bonds. The van der Waals surface area contributed by atoms with Crippen LogP contribution >= 0.6 is 27.7 Å². The van der Waals surface area contributed by atoms with Gasteiger partial charge in [-0.1, -0.05) is 15.9 Å². The maximum Gasteiger partial charge on any atom is 0.306 e. The van der Waals surface area contributed by atoms with E-state index in [2.05, 4.69) is 21.2 Å². The van der Waals surface area contributed by atoms with Gasteiger partial charge in [0.05, 0.1) is 5.92 Å². The molecule has 0 aliphatic heterocycles. The molecule has 4 nitrogen and oxygen atoms in total. The largest absolute Gasteiger partial charge is 0.481 e. The average molecular weight is 372 g/mol. The number of carboxylic acid groups (broad SMARTS) is 1. The molecule has 0 spiro atoms. The van der Waals surface area contributed by atoms with Gasteiger partial charge in [-0.05, 0) is 43.5 Å². The highest BCUT2D eigenvalue weighted by molar-refractivity contribution is 9.10. The molecule has 1 aromatic rings. The van der Waals surface area contributed by atoms with E-state index in [9.17, 15) is 9.59 Å². The van der Waals surface area contributed by atoms with Gasteiger partial charge < -0.3 is 10.4 Å². The van der Waals surface area contributed by atoms with Gasteiger partial charge >= 0.3 is 5.97 Å². The van der Waals surface area contributed by atoms with Gasteiger partial charge in [0.1, 0.15) is 0 Å². The van der Waals surface area contributed by atoms with Crippen LogP contribution in [0, 0.1) is 5.92 Å². The predicted molar refractivity (Wildman–Crippen MR) is 86.4 cm³/mol. The Kier molecular flexibility index (Phi) is 6.11. The van der Waals surface area contributed by atoms with Gasteiger partial charge in [-0.15, -0.1) is 11.8 Å². The molecular formula is C15H18BrNO3S. The van der Waals surface area contributed by atoms with Crippen LogP contribution in [0.4, 0.5) is 0 Å². The second-order valence-electron chi connectivity index (χ2n) is 5.17. The molecule has 21 heavy (non-hydrogen) atoms. The summed E-state index contributed by atoms with van der Waals surface area (Å²) in [6.45, 7) is 0. The molecule has 0 saturated heterocycles. The third kappa shape index (κ3) is 5.36. The first-order valence-corrected chi connectivity index (χ1v) is 8.73. The number of benzene rings is 1. The van der Waals surface area contributed by atoms with Crippen LogP contribution in [0.3, 0.4) is 0 Å². The number of carbonyl (C=O) groups excluding carboxylic acids is 1. The zero-order valence-corrected chi connectivity index (χ0v) is 14.0. The number of carbonyl (C=O) groups is 2. The Balaban J connectivity index is 1.66. The molecular weight excluding hydrogens is 354 g/mol. The molecule has 1 fully saturated rings. The third-order valence-corrected chi connectivity index (χ3v) is 5.10. The lowest BCUT2D eigenvalue weighted by Gasteiger charge is -2.12. The van der Waals surface area contributed by atoms with Crippen LogP contribution in [0.25, 0.3) is 0 Å². The average Bonchev–Trinajstić information content (AvgIpc) is 2.90. The number of amides is 1. The second-order valence-corrected chi connectivity index (χ2v) is 7.25. The van der Waals surface area contributed by atoms with Crippen molar-refractivity contribution >= 4 is 39.6 Å². The quantitative estimate of drug-likeness (QED) is 0.752. The van der Waals surface area contributed by atoms with Crippen molar-refractivity contribution in [3.63, 3.8) is 0 Å². The van der Waals surface area contributed by atoms with Gasteiger partial charge in [0.2, 0.25) is 5.91 Å². The van der Waals surface area contributed by atoms with E-state index in [0.29, 0.717) is 19.3 Å². The van der Waals surface area contributed by atoms with Crippen molar-refractivity contribution in [2.45, 2.75) is 36.6 Å². The molecule has 2 rings (SSSR count). The Labute approximate surface area is 136 Å². The highest BCUT2D eigenvalue weighted by Crippen LogP contribution is 2.26. The van der Waals surface area contributed by atoms with Crippen LogP contribution in [0.5, 0.6) is 0 Å². The Morgan fingerprint density at radius 1 is 1.29 bits per heavy atom. The number of hydrogen-bond acceptors (Lipinski definition) is 3. The Hall–Kier alpha value is -1.01. The predicted octanol–water partition coefficient (Wildman–Crippen LogP) is 3.30. The van der Waals surface area contributed by atoms with Crippen LogP contribution in [-0.2, 0) is 9.59 Å². The lowest BCUT2D eigenvalue weighted by atomic mass is 10.1. The molecule has 1 saturated carbocycles. The van der Waals surface area contributed by atoms with Crippen molar-refractivity contribution < 1.29 is 14.7 Å². The van der Waals surface area contributed by atoms with Gasteiger partial charge in [0, 0.05) is 27.6 Å². The lowest BCUT2D eigenvalue weighted by molar-refractivity contribution is -0.141. The van der Waals surface area contributed by atoms with Crippen molar-refractivity contribution in [2.24, 2.45) is 5.92 Å². The van der Waals surface area contributed by atoms with E-state index >= 15 is 0 Å². The maximum atomic E-state index is 11.8. The summed E-state index contributed by atoms with van der Waals surface area (Å²) in [5.74, 6) is -0.316. The zero-order valence-electron chi connectivity index (χ0n) is 11.5. The number of halogens is 1. The molecule has 0 heterocycles. The number of thioether (sulfide) groups is 1. The summed E-state index contributed by atoms with van der Waals surface area (Å²) in [7, 11) is 0. The Bertz CT molecular complexity index is 506. The van der Waals surface area contributed by atoms with E-state index in [0.717, 1.165) is 21.5 Å². The minimum Gasteiger partial charge on any atom is -0.481 e. The Morgan fingerprint density at radius 3 is 2.62 bits per heavy atom. The molecule has 0 radical (unpaired) electrons. The fraction of sp³-hybridized carbons (Fsp3) is 0.467. The van der Waals surface area contributed by atoms with Crippen LogP contribution in [0.15, 0.2) is 33.6 Å². The van der Waals surface area contributed by atoms with Crippen LogP contribution in [-0.4, -0.2) is 28.8 Å². The van der Waals surface area contributed by atoms with Crippen molar-refractivity contribution in [1.29, 1.82) is 0 Å². The molecule has 2 atom stereocenters. The highest BCUT2D eigenvalue weighted by Gasteiger charge is 2.30. The number of nitrogens with one attached hydrogen (secondary N) is 1. The van der Waals surface area contributed by atoms with Crippen molar-refractivity contribution in [3.05, 3.63) is 28.7 Å². The van der Waals surface area contributed by atoms with E-state index in [1.165, 1.54) is 0 Å². The summed E-state index contributed by atoms with van der Waals surface area (Å²) >= 11 is 5.03. The molecule has 0 unspecified atom stereocenters. The Morgan fingerprint density at radius 2 is 2.00 bits per heavy atom. The molecule has 114 valence electrons. The van der Waals surface area contributed by atoms with Gasteiger partial charge in [-0.3, -0.25) is 9.59 Å². The molecule has 1 aromatic carbocycles. The van der Waals surface area contributed by atoms with E-state index in [-0.39, 0.29) is 17.9 Å². The summed E-state index contributed by atoms with van der Waals surface area (Å²) < 4.78 is 1.04. The summed E-state index contributed by atoms with van der Waals surface area (Å²) in [6.07, 6.45) is 2.44. The highest BCUT2D eigenvalue weighted by atomic mass is 79.9. The number of hydrogen-bond donors (Lipinski definition) is 2. The first-order valence-electron chi connectivity index (χ1n) is 6.95. The van der Waals surface area contributed by atoms with Crippen molar-refractivity contribution in [3.8, 4) is 0 Å². The van der Waals surface area contributed by atoms with Crippen molar-refractivity contribution in [1.82, 2.24) is 5.32 Å². The minimum absolute atomic E-state index is 0.00986. The lowest BCUT2D eigenvalue weighted by Crippen LogP contribution is -2.33. The van der Waals surface area contributed by atoms with E-state index < -0.39 is 5.97 Å². The zero-order chi connectivity index (χ0) is 15.2. The summed E-state index contributed by atoms with van der Waals surface area (Å²) in [5.41, 5.74) is 0. The van der Waals surface area contributed by atoms with Crippen LogP contribution in [0.1, 0.15) is 25.7 Å². The smallest absolute Gasteiger partial charge is 0.306 e. The molecule has 1 aliphatic carbocycles. The molecule has 2 N–H and O–H groups in total. The van der Waals surface area contributed by atoms with E-state index in [4.69, 9.17) is 5.11 Å². The monoisotopic (exact) mass is 371 g/mol. The molecule has 1 aliphatic rings. The maximum absolute atomic E-state index is 11.8. The number of rotatable bonds is 6. The standard InChI is InChI=1S/C15H18BrNO3S/c16-11-2-5-13(6-3-11)21-8-7-14(18)17-12-4-1-10(9-12)15(19)20/h2-3,5-6,10,12H,1,4,7-9H2,(H,17,18)(H,19,20)/t10-,12+/m1/s1. The molecule has 0 aromatic heterocycles. The molecule has 0 bridgehead atoms. The first kappa shape index (κ1) is 16.4. The van der Waals surface area contributed by atoms with Gasteiger partial charge in [-0.2, -0.15) is 0 Å². The van der Waals surface area contributed by atoms with Crippen LogP contribution in [0.2, 0.25) is 0 Å². The van der Waals surface area contributed by atoms with Gasteiger partial charge in [-0.25, -0.2) is 0 Å². The summed E-state index contributed by atoms with van der Waals surface area (Å²) in [5, 5.41) is 11.9. The minimum atomic E-state index is -0.752. The second kappa shape index (κ2) is 7.84. The van der Waals surface area contributed by atoms with E-state index in [1.807, 2.05) is 24.3 Å². The van der Waals surface area contributed by atoms with Gasteiger partial charge in [0.15, 0.2) is 0 Å². The van der Waals surface area contributed by atoms with Crippen LogP contribution < -0.4 is 5.32 Å². The first-order chi connectivity index (χ1) is 10.0. The topological polar surface area (TPSA) is 66.4 Å². The van der Waals surface area contributed by atoms with Gasteiger partial charge in [0.25, 0.3) is 0 Å².